The van der Waals surface area contributed by atoms with Crippen LogP contribution in [0.1, 0.15) is 29.3 Å². The predicted octanol–water partition coefficient (Wildman–Crippen LogP) is 3.80. The van der Waals surface area contributed by atoms with Crippen molar-refractivity contribution in [1.82, 2.24) is 5.43 Å². The van der Waals surface area contributed by atoms with Crippen LogP contribution in [0.4, 0.5) is 5.69 Å². The molecule has 0 aromatic heterocycles. The van der Waals surface area contributed by atoms with E-state index < -0.39 is 5.91 Å². The van der Waals surface area contributed by atoms with Crippen LogP contribution in [0, 0.1) is 6.92 Å². The van der Waals surface area contributed by atoms with Crippen LogP contribution in [0.3, 0.4) is 0 Å². The Morgan fingerprint density at radius 3 is 2.50 bits per heavy atom. The van der Waals surface area contributed by atoms with Crippen molar-refractivity contribution in [3.05, 3.63) is 52.5 Å². The van der Waals surface area contributed by atoms with Gasteiger partial charge < -0.3 is 14.8 Å². The Morgan fingerprint density at radius 2 is 1.86 bits per heavy atom. The van der Waals surface area contributed by atoms with E-state index in [-0.39, 0.29) is 12.3 Å². The fraction of sp³-hybridized carbons (Fsp3) is 0.250. The largest absolute Gasteiger partial charge is 0.497 e. The lowest BCUT2D eigenvalue weighted by Gasteiger charge is -2.09. The smallest absolute Gasteiger partial charge is 0.275 e. The zero-order chi connectivity index (χ0) is 20.7. The van der Waals surface area contributed by atoms with Crippen molar-refractivity contribution in [3.63, 3.8) is 0 Å². The summed E-state index contributed by atoms with van der Waals surface area (Å²) in [5.41, 5.74) is 4.69. The van der Waals surface area contributed by atoms with Gasteiger partial charge in [-0.1, -0.05) is 17.7 Å². The Labute approximate surface area is 168 Å². The number of carbonyl (C=O) groups is 2. The van der Waals surface area contributed by atoms with E-state index in [4.69, 9.17) is 21.1 Å². The van der Waals surface area contributed by atoms with Crippen LogP contribution < -0.4 is 20.2 Å². The highest BCUT2D eigenvalue weighted by molar-refractivity contribution is 6.31. The fourth-order valence-electron chi connectivity index (χ4n) is 2.34. The molecule has 2 aromatic carbocycles. The zero-order valence-electron chi connectivity index (χ0n) is 16.1. The van der Waals surface area contributed by atoms with Gasteiger partial charge in [0.1, 0.15) is 11.5 Å². The second-order valence-electron chi connectivity index (χ2n) is 6.04. The van der Waals surface area contributed by atoms with E-state index in [0.717, 1.165) is 5.56 Å². The molecule has 2 aromatic rings. The fourth-order valence-corrected chi connectivity index (χ4v) is 2.52. The average molecular weight is 404 g/mol. The van der Waals surface area contributed by atoms with Crippen LogP contribution in [0.15, 0.2) is 41.5 Å². The maximum Gasteiger partial charge on any atom is 0.275 e. The van der Waals surface area contributed by atoms with Gasteiger partial charge in [0.25, 0.3) is 5.91 Å². The first kappa shape index (κ1) is 21.2. The molecule has 0 atom stereocenters. The Bertz CT molecular complexity index is 912. The number of benzene rings is 2. The van der Waals surface area contributed by atoms with E-state index in [1.54, 1.807) is 37.3 Å². The third kappa shape index (κ3) is 5.72. The van der Waals surface area contributed by atoms with Crippen molar-refractivity contribution in [2.45, 2.75) is 20.3 Å². The Hall–Kier alpha value is -3.06. The molecule has 0 aliphatic heterocycles. The van der Waals surface area contributed by atoms with E-state index in [0.29, 0.717) is 33.5 Å². The number of nitrogens with zero attached hydrogens (tertiary/aromatic N) is 1. The molecular weight excluding hydrogens is 382 g/mol. The van der Waals surface area contributed by atoms with Gasteiger partial charge in [0, 0.05) is 22.5 Å². The summed E-state index contributed by atoms with van der Waals surface area (Å²) < 4.78 is 10.3. The number of anilines is 1. The molecule has 0 saturated heterocycles. The van der Waals surface area contributed by atoms with Crippen LogP contribution in [0.2, 0.25) is 5.02 Å². The predicted molar refractivity (Wildman–Crippen MR) is 110 cm³/mol. The van der Waals surface area contributed by atoms with Crippen molar-refractivity contribution < 1.29 is 19.1 Å². The maximum atomic E-state index is 12.3. The van der Waals surface area contributed by atoms with Crippen molar-refractivity contribution in [1.29, 1.82) is 0 Å². The van der Waals surface area contributed by atoms with Crippen molar-refractivity contribution in [2.75, 3.05) is 19.5 Å². The molecule has 148 valence electrons. The third-order valence-electron chi connectivity index (χ3n) is 3.87. The van der Waals surface area contributed by atoms with Crippen molar-refractivity contribution in [3.8, 4) is 11.5 Å². The molecule has 0 aliphatic rings. The van der Waals surface area contributed by atoms with Gasteiger partial charge in [-0.25, -0.2) is 5.43 Å². The van der Waals surface area contributed by atoms with Gasteiger partial charge in [0.15, 0.2) is 0 Å². The monoisotopic (exact) mass is 403 g/mol. The summed E-state index contributed by atoms with van der Waals surface area (Å²) in [5.74, 6) is 0.210. The summed E-state index contributed by atoms with van der Waals surface area (Å²) in [6.45, 7) is 3.53. The van der Waals surface area contributed by atoms with Crippen LogP contribution >= 0.6 is 11.6 Å². The first-order valence-corrected chi connectivity index (χ1v) is 8.83. The summed E-state index contributed by atoms with van der Waals surface area (Å²) in [6.07, 6.45) is 0.0194. The van der Waals surface area contributed by atoms with E-state index in [1.165, 1.54) is 14.2 Å². The number of carbonyl (C=O) groups excluding carboxylic acids is 2. The number of hydrogen-bond donors (Lipinski definition) is 2. The standard InChI is InChI=1S/C20H22ClN3O4/c1-12-5-6-14(10-17(12)21)22-19(25)9-13(2)23-24-20(26)16-8-7-15(27-3)11-18(16)28-4/h5-8,10-11H,9H2,1-4H3,(H,22,25)(H,24,26)/b23-13-. The molecule has 0 saturated carbocycles. The van der Waals surface area contributed by atoms with Gasteiger partial charge in [-0.05, 0) is 43.7 Å². The lowest BCUT2D eigenvalue weighted by molar-refractivity contribution is -0.115. The van der Waals surface area contributed by atoms with E-state index >= 15 is 0 Å². The first-order valence-electron chi connectivity index (χ1n) is 8.45. The van der Waals surface area contributed by atoms with Crippen LogP contribution in [-0.2, 0) is 4.79 Å². The van der Waals surface area contributed by atoms with Crippen molar-refractivity contribution >= 4 is 34.8 Å². The number of amides is 2. The molecule has 8 heteroatoms. The molecule has 0 heterocycles. The molecular formula is C20H22ClN3O4. The molecule has 0 fully saturated rings. The quantitative estimate of drug-likeness (QED) is 0.543. The SMILES string of the molecule is COc1ccc(C(=O)N/N=C(/C)CC(=O)Nc2ccc(C)c(Cl)c2)c(OC)c1. The number of aryl methyl sites for hydroxylation is 1. The molecule has 0 radical (unpaired) electrons. The van der Waals surface area contributed by atoms with Crippen LogP contribution in [-0.4, -0.2) is 31.7 Å². The normalized spacial score (nSPS) is 11.0. The number of rotatable bonds is 7. The van der Waals surface area contributed by atoms with Crippen LogP contribution in [0.5, 0.6) is 11.5 Å². The van der Waals surface area contributed by atoms with E-state index in [2.05, 4.69) is 15.8 Å². The zero-order valence-corrected chi connectivity index (χ0v) is 16.9. The van der Waals surface area contributed by atoms with Crippen LogP contribution in [0.25, 0.3) is 0 Å². The van der Waals surface area contributed by atoms with Gasteiger partial charge in [-0.15, -0.1) is 0 Å². The number of methoxy groups -OCH3 is 2. The van der Waals surface area contributed by atoms with Gasteiger partial charge in [0.05, 0.1) is 26.2 Å². The molecule has 0 spiro atoms. The van der Waals surface area contributed by atoms with Gasteiger partial charge in [-0.3, -0.25) is 9.59 Å². The number of ether oxygens (including phenoxy) is 2. The lowest BCUT2D eigenvalue weighted by Crippen LogP contribution is -2.22. The molecule has 28 heavy (non-hydrogen) atoms. The van der Waals surface area contributed by atoms with E-state index in [9.17, 15) is 9.59 Å². The molecule has 2 rings (SSSR count). The summed E-state index contributed by atoms with van der Waals surface area (Å²) >= 11 is 6.05. The summed E-state index contributed by atoms with van der Waals surface area (Å²) in [4.78, 5) is 24.4. The van der Waals surface area contributed by atoms with Gasteiger partial charge in [0.2, 0.25) is 5.91 Å². The average Bonchev–Trinajstić information content (AvgIpc) is 2.68. The molecule has 0 bridgehead atoms. The number of hydrogen-bond acceptors (Lipinski definition) is 5. The Kier molecular flexibility index (Phi) is 7.40. The summed E-state index contributed by atoms with van der Waals surface area (Å²) in [6, 6.07) is 10.1. The second kappa shape index (κ2) is 9.75. The second-order valence-corrected chi connectivity index (χ2v) is 6.45. The molecule has 2 amide bonds. The highest BCUT2D eigenvalue weighted by Gasteiger charge is 2.13. The Balaban J connectivity index is 1.97. The molecule has 2 N–H and O–H groups in total. The first-order chi connectivity index (χ1) is 13.3. The number of nitrogens with one attached hydrogen (secondary N) is 2. The highest BCUT2D eigenvalue weighted by Crippen LogP contribution is 2.24. The minimum absolute atomic E-state index is 0.0194. The number of hydrazone groups is 1. The van der Waals surface area contributed by atoms with E-state index in [1.807, 2.05) is 13.0 Å². The third-order valence-corrected chi connectivity index (χ3v) is 4.28. The summed E-state index contributed by atoms with van der Waals surface area (Å²) in [5, 5.41) is 7.29. The molecule has 0 aliphatic carbocycles. The maximum absolute atomic E-state index is 12.3. The van der Waals surface area contributed by atoms with Crippen molar-refractivity contribution in [2.24, 2.45) is 5.10 Å². The lowest BCUT2D eigenvalue weighted by atomic mass is 10.2. The van der Waals surface area contributed by atoms with Gasteiger partial charge >= 0.3 is 0 Å². The minimum Gasteiger partial charge on any atom is -0.497 e. The molecule has 7 nitrogen and oxygen atoms in total. The Morgan fingerprint density at radius 1 is 1.11 bits per heavy atom. The summed E-state index contributed by atoms with van der Waals surface area (Å²) in [7, 11) is 2.99. The number of halogens is 1. The van der Waals surface area contributed by atoms with Gasteiger partial charge in [-0.2, -0.15) is 5.10 Å². The minimum atomic E-state index is -0.454. The topological polar surface area (TPSA) is 89.0 Å². The molecule has 0 unspecified atom stereocenters. The highest BCUT2D eigenvalue weighted by atomic mass is 35.5.